The molecule has 0 heterocycles. The van der Waals surface area contributed by atoms with Gasteiger partial charge >= 0.3 is 5.97 Å². The molecule has 0 aliphatic heterocycles. The molecule has 0 atom stereocenters. The molecule has 1 rings (SSSR count). The van der Waals surface area contributed by atoms with E-state index in [1.807, 2.05) is 18.2 Å². The number of rotatable bonds is 6. The van der Waals surface area contributed by atoms with Crippen LogP contribution in [0.5, 0.6) is 0 Å². The van der Waals surface area contributed by atoms with Gasteiger partial charge in [0, 0.05) is 22.4 Å². The average Bonchev–Trinajstić information content (AvgIpc) is 2.29. The van der Waals surface area contributed by atoms with Crippen LogP contribution in [0, 0.1) is 0 Å². The van der Waals surface area contributed by atoms with Crippen molar-refractivity contribution in [3.63, 3.8) is 0 Å². The first kappa shape index (κ1) is 13.6. The molecule has 0 aliphatic carbocycles. The molecule has 0 radical (unpaired) electrons. The van der Waals surface area contributed by atoms with Crippen LogP contribution in [0.4, 0.5) is 0 Å². The van der Waals surface area contributed by atoms with Crippen molar-refractivity contribution in [2.75, 3.05) is 12.4 Å². The number of thioether (sulfide) groups is 1. The zero-order valence-electron chi connectivity index (χ0n) is 9.89. The van der Waals surface area contributed by atoms with Crippen LogP contribution in [0.15, 0.2) is 47.0 Å². The molecular formula is C13H17NO2S. The van der Waals surface area contributed by atoms with E-state index in [0.29, 0.717) is 12.3 Å². The maximum atomic E-state index is 11.1. The summed E-state index contributed by atoms with van der Waals surface area (Å²) in [5.41, 5.74) is 5.82. The number of benzene rings is 1. The van der Waals surface area contributed by atoms with Crippen LogP contribution in [0.2, 0.25) is 0 Å². The number of esters is 1. The largest absolute Gasteiger partial charge is 0.462 e. The summed E-state index contributed by atoms with van der Waals surface area (Å²) in [7, 11) is 0. The van der Waals surface area contributed by atoms with Gasteiger partial charge in [-0.25, -0.2) is 4.79 Å². The monoisotopic (exact) mass is 251 g/mol. The third-order valence-electron chi connectivity index (χ3n) is 1.89. The summed E-state index contributed by atoms with van der Waals surface area (Å²) in [4.78, 5) is 12.3. The second-order valence-corrected chi connectivity index (χ2v) is 4.74. The molecule has 2 N–H and O–H groups in total. The van der Waals surface area contributed by atoms with E-state index in [4.69, 9.17) is 10.5 Å². The Morgan fingerprint density at radius 3 is 2.76 bits per heavy atom. The van der Waals surface area contributed by atoms with E-state index in [1.54, 1.807) is 18.7 Å². The fraction of sp³-hybridized carbons (Fsp3) is 0.308. The van der Waals surface area contributed by atoms with E-state index in [-0.39, 0.29) is 5.97 Å². The molecule has 3 nitrogen and oxygen atoms in total. The van der Waals surface area contributed by atoms with Crippen LogP contribution in [-0.4, -0.2) is 18.3 Å². The van der Waals surface area contributed by atoms with Crippen molar-refractivity contribution in [2.24, 2.45) is 5.73 Å². The second-order valence-electron chi connectivity index (χ2n) is 3.57. The summed E-state index contributed by atoms with van der Waals surface area (Å²) in [5, 5.41) is 0. The van der Waals surface area contributed by atoms with Gasteiger partial charge < -0.3 is 10.5 Å². The van der Waals surface area contributed by atoms with E-state index in [9.17, 15) is 4.79 Å². The van der Waals surface area contributed by atoms with E-state index >= 15 is 0 Å². The van der Waals surface area contributed by atoms with Crippen molar-refractivity contribution < 1.29 is 9.53 Å². The highest BCUT2D eigenvalue weighted by Crippen LogP contribution is 2.17. The Labute approximate surface area is 106 Å². The van der Waals surface area contributed by atoms with Gasteiger partial charge in [-0.05, 0) is 25.5 Å². The van der Waals surface area contributed by atoms with Crippen LogP contribution < -0.4 is 5.73 Å². The standard InChI is InChI=1S/C13H17NO2S/c1-11(14)10-13(15)16-8-5-9-17-12-6-3-2-4-7-12/h2-4,6-7,10H,5,8-9,14H2,1H3/b11-10+. The second kappa shape index (κ2) is 7.79. The van der Waals surface area contributed by atoms with Crippen LogP contribution in [0.1, 0.15) is 13.3 Å². The minimum absolute atomic E-state index is 0.366. The lowest BCUT2D eigenvalue weighted by Gasteiger charge is -2.02. The molecule has 1 aromatic rings. The molecule has 17 heavy (non-hydrogen) atoms. The van der Waals surface area contributed by atoms with Gasteiger partial charge in [0.15, 0.2) is 0 Å². The smallest absolute Gasteiger partial charge is 0.332 e. The summed E-state index contributed by atoms with van der Waals surface area (Å²) in [6, 6.07) is 10.1. The molecule has 4 heteroatoms. The van der Waals surface area contributed by atoms with Crippen LogP contribution in [-0.2, 0) is 9.53 Å². The Morgan fingerprint density at radius 2 is 2.12 bits per heavy atom. The molecular weight excluding hydrogens is 234 g/mol. The number of hydrogen-bond donors (Lipinski definition) is 1. The molecule has 0 unspecified atom stereocenters. The normalized spacial score (nSPS) is 11.2. The number of carbonyl (C=O) groups excluding carboxylic acids is 1. The quantitative estimate of drug-likeness (QED) is 0.365. The fourth-order valence-corrected chi connectivity index (χ4v) is 2.01. The van der Waals surface area contributed by atoms with E-state index in [2.05, 4.69) is 12.1 Å². The Hall–Kier alpha value is -1.42. The van der Waals surface area contributed by atoms with Crippen LogP contribution in [0.25, 0.3) is 0 Å². The third kappa shape index (κ3) is 6.68. The first-order valence-electron chi connectivity index (χ1n) is 5.47. The number of allylic oxidation sites excluding steroid dienone is 1. The summed E-state index contributed by atoms with van der Waals surface area (Å²) in [6.07, 6.45) is 2.13. The highest BCUT2D eigenvalue weighted by Gasteiger charge is 1.98. The highest BCUT2D eigenvalue weighted by molar-refractivity contribution is 7.99. The topological polar surface area (TPSA) is 52.3 Å². The zero-order valence-corrected chi connectivity index (χ0v) is 10.7. The molecule has 0 aliphatic rings. The van der Waals surface area contributed by atoms with Gasteiger partial charge in [0.25, 0.3) is 0 Å². The number of nitrogens with two attached hydrogens (primary N) is 1. The Kier molecular flexibility index (Phi) is 6.25. The fourth-order valence-electron chi connectivity index (χ4n) is 1.17. The molecule has 0 amide bonds. The van der Waals surface area contributed by atoms with Crippen molar-refractivity contribution in [1.82, 2.24) is 0 Å². The predicted molar refractivity (Wildman–Crippen MR) is 70.7 cm³/mol. The molecule has 0 spiro atoms. The lowest BCUT2D eigenvalue weighted by molar-refractivity contribution is -0.137. The number of ether oxygens (including phenoxy) is 1. The molecule has 0 fully saturated rings. The Balaban J connectivity index is 2.09. The maximum absolute atomic E-state index is 11.1. The van der Waals surface area contributed by atoms with Crippen LogP contribution >= 0.6 is 11.8 Å². The Morgan fingerprint density at radius 1 is 1.41 bits per heavy atom. The first-order chi connectivity index (χ1) is 8.18. The minimum atomic E-state index is -0.366. The summed E-state index contributed by atoms with van der Waals surface area (Å²) < 4.78 is 4.98. The van der Waals surface area contributed by atoms with Gasteiger partial charge in [-0.1, -0.05) is 18.2 Å². The predicted octanol–water partition coefficient (Wildman–Crippen LogP) is 2.57. The highest BCUT2D eigenvalue weighted by atomic mass is 32.2. The van der Waals surface area contributed by atoms with E-state index < -0.39 is 0 Å². The average molecular weight is 251 g/mol. The summed E-state index contributed by atoms with van der Waals surface area (Å²) in [5.74, 6) is 0.567. The SMILES string of the molecule is C/C(N)=C\C(=O)OCCCSc1ccccc1. The zero-order chi connectivity index (χ0) is 12.5. The lowest BCUT2D eigenvalue weighted by atomic mass is 10.4. The molecule has 1 aromatic carbocycles. The van der Waals surface area contributed by atoms with Gasteiger partial charge in [0.2, 0.25) is 0 Å². The van der Waals surface area contributed by atoms with E-state index in [1.165, 1.54) is 11.0 Å². The lowest BCUT2D eigenvalue weighted by Crippen LogP contribution is -2.05. The maximum Gasteiger partial charge on any atom is 0.332 e. The van der Waals surface area contributed by atoms with Crippen molar-refractivity contribution in [1.29, 1.82) is 0 Å². The van der Waals surface area contributed by atoms with Gasteiger partial charge in [-0.2, -0.15) is 0 Å². The summed E-state index contributed by atoms with van der Waals surface area (Å²) in [6.45, 7) is 2.09. The van der Waals surface area contributed by atoms with Gasteiger partial charge in [-0.3, -0.25) is 0 Å². The Bertz CT molecular complexity index is 372. The van der Waals surface area contributed by atoms with Crippen LogP contribution in [0.3, 0.4) is 0 Å². The van der Waals surface area contributed by atoms with Gasteiger partial charge in [0.05, 0.1) is 6.61 Å². The first-order valence-corrected chi connectivity index (χ1v) is 6.45. The van der Waals surface area contributed by atoms with Crippen molar-refractivity contribution in [3.05, 3.63) is 42.1 Å². The van der Waals surface area contributed by atoms with Crippen molar-refractivity contribution >= 4 is 17.7 Å². The molecule has 92 valence electrons. The molecule has 0 bridgehead atoms. The van der Waals surface area contributed by atoms with E-state index in [0.717, 1.165) is 12.2 Å². The minimum Gasteiger partial charge on any atom is -0.462 e. The third-order valence-corrected chi connectivity index (χ3v) is 2.99. The molecule has 0 saturated carbocycles. The van der Waals surface area contributed by atoms with Gasteiger partial charge in [0.1, 0.15) is 0 Å². The molecule has 0 aromatic heterocycles. The number of carbonyl (C=O) groups is 1. The summed E-state index contributed by atoms with van der Waals surface area (Å²) >= 11 is 1.75. The van der Waals surface area contributed by atoms with Crippen molar-refractivity contribution in [3.8, 4) is 0 Å². The molecule has 0 saturated heterocycles. The van der Waals surface area contributed by atoms with Crippen molar-refractivity contribution in [2.45, 2.75) is 18.2 Å². The number of hydrogen-bond acceptors (Lipinski definition) is 4. The van der Waals surface area contributed by atoms with Gasteiger partial charge in [-0.15, -0.1) is 11.8 Å².